The van der Waals surface area contributed by atoms with E-state index in [1.54, 1.807) is 6.20 Å². The van der Waals surface area contributed by atoms with E-state index in [-0.39, 0.29) is 5.91 Å². The van der Waals surface area contributed by atoms with Gasteiger partial charge in [0.05, 0.1) is 5.75 Å². The fourth-order valence-corrected chi connectivity index (χ4v) is 2.57. The van der Waals surface area contributed by atoms with Crippen molar-refractivity contribution >= 4 is 17.7 Å². The third-order valence-electron chi connectivity index (χ3n) is 2.78. The molecule has 1 N–H and O–H groups in total. The maximum Gasteiger partial charge on any atom is 0.230 e. The van der Waals surface area contributed by atoms with Gasteiger partial charge < -0.3 is 9.88 Å². The second kappa shape index (κ2) is 7.75. The van der Waals surface area contributed by atoms with Crippen LogP contribution in [0.3, 0.4) is 0 Å². The van der Waals surface area contributed by atoms with Crippen molar-refractivity contribution in [3.8, 4) is 0 Å². The first kappa shape index (κ1) is 14.7. The molecule has 0 spiro atoms. The van der Waals surface area contributed by atoms with Crippen LogP contribution in [0.5, 0.6) is 0 Å². The summed E-state index contributed by atoms with van der Waals surface area (Å²) in [5, 5.41) is 3.74. The Kier molecular flexibility index (Phi) is 5.68. The largest absolute Gasteiger partial charge is 0.355 e. The number of carbonyl (C=O) groups is 1. The number of nitrogens with zero attached hydrogens (tertiary/aromatic N) is 2. The maximum absolute atomic E-state index is 11.6. The van der Waals surface area contributed by atoms with Gasteiger partial charge >= 0.3 is 0 Å². The normalized spacial score (nSPS) is 10.4. The number of nitrogens with one attached hydrogen (secondary N) is 1. The monoisotopic (exact) mass is 289 g/mol. The first-order valence-corrected chi connectivity index (χ1v) is 7.72. The van der Waals surface area contributed by atoms with Gasteiger partial charge in [-0.25, -0.2) is 4.98 Å². The fraction of sp³-hybridized carbons (Fsp3) is 0.333. The van der Waals surface area contributed by atoms with Gasteiger partial charge in [-0.2, -0.15) is 0 Å². The molecule has 106 valence electrons. The van der Waals surface area contributed by atoms with Crippen molar-refractivity contribution in [3.63, 3.8) is 0 Å². The molecule has 0 fully saturated rings. The molecule has 4 nitrogen and oxygen atoms in total. The molecule has 0 aliphatic rings. The lowest BCUT2D eigenvalue weighted by molar-refractivity contribution is -0.118. The highest BCUT2D eigenvalue weighted by atomic mass is 32.2. The third-order valence-corrected chi connectivity index (χ3v) is 3.78. The molecule has 0 atom stereocenters. The van der Waals surface area contributed by atoms with E-state index in [1.165, 1.54) is 17.3 Å². The predicted molar refractivity (Wildman–Crippen MR) is 81.8 cm³/mol. The first-order valence-electron chi connectivity index (χ1n) is 6.74. The fourth-order valence-electron chi connectivity index (χ4n) is 1.78. The van der Waals surface area contributed by atoms with E-state index >= 15 is 0 Å². The molecule has 1 aromatic heterocycles. The summed E-state index contributed by atoms with van der Waals surface area (Å²) < 4.78 is 2.06. The van der Waals surface area contributed by atoms with Gasteiger partial charge in [-0.3, -0.25) is 4.79 Å². The van der Waals surface area contributed by atoms with Crippen LogP contribution in [-0.2, 0) is 11.3 Å². The lowest BCUT2D eigenvalue weighted by Gasteiger charge is -2.07. The lowest BCUT2D eigenvalue weighted by atomic mass is 10.2. The van der Waals surface area contributed by atoms with Crippen molar-refractivity contribution < 1.29 is 4.79 Å². The standard InChI is InChI=1S/C15H19N3OS/c1-2-8-16-14(19)12-20-15-17-9-10-18(15)11-13-6-4-3-5-7-13/h3-7,9-10H,2,8,11-12H2,1H3,(H,16,19). The summed E-state index contributed by atoms with van der Waals surface area (Å²) in [6.45, 7) is 3.55. The van der Waals surface area contributed by atoms with Crippen LogP contribution in [0.25, 0.3) is 0 Å². The van der Waals surface area contributed by atoms with E-state index in [0.717, 1.165) is 24.7 Å². The van der Waals surface area contributed by atoms with Crippen molar-refractivity contribution in [2.24, 2.45) is 0 Å². The average molecular weight is 289 g/mol. The highest BCUT2D eigenvalue weighted by Crippen LogP contribution is 2.16. The Hall–Kier alpha value is -1.75. The Bertz CT molecular complexity index is 539. The molecule has 5 heteroatoms. The number of aromatic nitrogens is 2. The molecule has 1 heterocycles. The van der Waals surface area contributed by atoms with Gasteiger partial charge in [-0.05, 0) is 12.0 Å². The average Bonchev–Trinajstić information content (AvgIpc) is 2.91. The highest BCUT2D eigenvalue weighted by molar-refractivity contribution is 7.99. The Balaban J connectivity index is 1.90. The second-order valence-electron chi connectivity index (χ2n) is 4.46. The molecule has 20 heavy (non-hydrogen) atoms. The molecular formula is C15H19N3OS. The Morgan fingerprint density at radius 1 is 1.35 bits per heavy atom. The molecule has 0 saturated carbocycles. The summed E-state index contributed by atoms with van der Waals surface area (Å²) in [5.74, 6) is 0.470. The Morgan fingerprint density at radius 3 is 2.90 bits per heavy atom. The predicted octanol–water partition coefficient (Wildman–Crippen LogP) is 2.55. The van der Waals surface area contributed by atoms with Crippen molar-refractivity contribution in [2.75, 3.05) is 12.3 Å². The summed E-state index contributed by atoms with van der Waals surface area (Å²) in [7, 11) is 0. The van der Waals surface area contributed by atoms with E-state index in [9.17, 15) is 4.79 Å². The number of benzene rings is 1. The van der Waals surface area contributed by atoms with Crippen molar-refractivity contribution in [1.29, 1.82) is 0 Å². The molecule has 1 aromatic carbocycles. The van der Waals surface area contributed by atoms with Gasteiger partial charge in [0, 0.05) is 25.5 Å². The second-order valence-corrected chi connectivity index (χ2v) is 5.40. The lowest BCUT2D eigenvalue weighted by Crippen LogP contribution is -2.25. The zero-order chi connectivity index (χ0) is 14.2. The molecule has 0 bridgehead atoms. The summed E-state index contributed by atoms with van der Waals surface area (Å²) in [6.07, 6.45) is 4.67. The van der Waals surface area contributed by atoms with Crippen LogP contribution in [0.4, 0.5) is 0 Å². The minimum atomic E-state index is 0.0612. The summed E-state index contributed by atoms with van der Waals surface area (Å²) in [6, 6.07) is 10.2. The van der Waals surface area contributed by atoms with Crippen LogP contribution in [0.1, 0.15) is 18.9 Å². The minimum Gasteiger partial charge on any atom is -0.355 e. The summed E-state index contributed by atoms with van der Waals surface area (Å²) in [4.78, 5) is 15.9. The van der Waals surface area contributed by atoms with E-state index in [0.29, 0.717) is 5.75 Å². The van der Waals surface area contributed by atoms with Gasteiger partial charge in [0.15, 0.2) is 5.16 Å². The quantitative estimate of drug-likeness (QED) is 0.797. The number of thioether (sulfide) groups is 1. The van der Waals surface area contributed by atoms with Gasteiger partial charge in [-0.15, -0.1) is 0 Å². The first-order chi connectivity index (χ1) is 9.79. The van der Waals surface area contributed by atoms with E-state index in [1.807, 2.05) is 31.3 Å². The van der Waals surface area contributed by atoms with E-state index in [2.05, 4.69) is 27.0 Å². The Labute approximate surface area is 123 Å². The molecule has 0 unspecified atom stereocenters. The highest BCUT2D eigenvalue weighted by Gasteiger charge is 2.07. The van der Waals surface area contributed by atoms with Gasteiger partial charge in [-0.1, -0.05) is 49.0 Å². The SMILES string of the molecule is CCCNC(=O)CSc1nccn1Cc1ccccc1. The molecule has 1 amide bonds. The van der Waals surface area contributed by atoms with Crippen LogP contribution in [-0.4, -0.2) is 27.8 Å². The number of amides is 1. The maximum atomic E-state index is 11.6. The minimum absolute atomic E-state index is 0.0612. The Morgan fingerprint density at radius 2 is 2.15 bits per heavy atom. The summed E-state index contributed by atoms with van der Waals surface area (Å²) >= 11 is 1.47. The van der Waals surface area contributed by atoms with Crippen molar-refractivity contribution in [1.82, 2.24) is 14.9 Å². The number of imidazole rings is 1. The molecule has 0 aliphatic carbocycles. The van der Waals surface area contributed by atoms with Crippen LogP contribution in [0, 0.1) is 0 Å². The molecule has 0 radical (unpaired) electrons. The van der Waals surface area contributed by atoms with Crippen LogP contribution in [0.2, 0.25) is 0 Å². The number of hydrogen-bond donors (Lipinski definition) is 1. The van der Waals surface area contributed by atoms with Crippen LogP contribution < -0.4 is 5.32 Å². The molecule has 2 rings (SSSR count). The number of carbonyl (C=O) groups excluding carboxylic acids is 1. The van der Waals surface area contributed by atoms with Crippen LogP contribution in [0.15, 0.2) is 47.9 Å². The van der Waals surface area contributed by atoms with Crippen LogP contribution >= 0.6 is 11.8 Å². The number of hydrogen-bond acceptors (Lipinski definition) is 3. The van der Waals surface area contributed by atoms with Crippen molar-refractivity contribution in [2.45, 2.75) is 25.0 Å². The smallest absolute Gasteiger partial charge is 0.230 e. The summed E-state index contributed by atoms with van der Waals surface area (Å²) in [5.41, 5.74) is 1.22. The van der Waals surface area contributed by atoms with Gasteiger partial charge in [0.2, 0.25) is 5.91 Å². The van der Waals surface area contributed by atoms with Gasteiger partial charge in [0.25, 0.3) is 0 Å². The third kappa shape index (κ3) is 4.42. The zero-order valence-electron chi connectivity index (χ0n) is 11.6. The van der Waals surface area contributed by atoms with E-state index < -0.39 is 0 Å². The molecule has 0 aliphatic heterocycles. The molecule has 0 saturated heterocycles. The molecule has 2 aromatic rings. The molecular weight excluding hydrogens is 270 g/mol. The van der Waals surface area contributed by atoms with E-state index in [4.69, 9.17) is 0 Å². The topological polar surface area (TPSA) is 46.9 Å². The zero-order valence-corrected chi connectivity index (χ0v) is 12.4. The van der Waals surface area contributed by atoms with Crippen molar-refractivity contribution in [3.05, 3.63) is 48.3 Å². The van der Waals surface area contributed by atoms with Gasteiger partial charge in [0.1, 0.15) is 0 Å². The number of rotatable bonds is 7.